The molecule has 0 fully saturated rings. The standard InChI is InChI=1S/C18H19BrClN3O3/c1-11(2)12-3-8-16(15(19)9-12)26-10-17(24)22-23-18(25)21-14-6-4-13(20)5-7-14/h3-9,11H,10H2,1-2H3,(H,22,24)(H2,21,23,25). The first-order valence-electron chi connectivity index (χ1n) is 7.89. The van der Waals surface area contributed by atoms with E-state index in [0.717, 1.165) is 10.0 Å². The van der Waals surface area contributed by atoms with Gasteiger partial charge in [0, 0.05) is 10.7 Å². The summed E-state index contributed by atoms with van der Waals surface area (Å²) in [5, 5.41) is 3.12. The van der Waals surface area contributed by atoms with Crippen molar-refractivity contribution in [1.29, 1.82) is 0 Å². The van der Waals surface area contributed by atoms with Crippen molar-refractivity contribution in [3.63, 3.8) is 0 Å². The SMILES string of the molecule is CC(C)c1ccc(OCC(=O)NNC(=O)Nc2ccc(Cl)cc2)c(Br)c1. The van der Waals surface area contributed by atoms with E-state index in [1.807, 2.05) is 12.1 Å². The van der Waals surface area contributed by atoms with E-state index in [9.17, 15) is 9.59 Å². The van der Waals surface area contributed by atoms with Gasteiger partial charge in [0.2, 0.25) is 0 Å². The van der Waals surface area contributed by atoms with E-state index in [4.69, 9.17) is 16.3 Å². The third-order valence-corrected chi connectivity index (χ3v) is 4.27. The van der Waals surface area contributed by atoms with E-state index in [1.165, 1.54) is 0 Å². The Balaban J connectivity index is 1.76. The fourth-order valence-corrected chi connectivity index (χ4v) is 2.63. The Kier molecular flexibility index (Phi) is 7.29. The van der Waals surface area contributed by atoms with Crippen LogP contribution in [0.3, 0.4) is 0 Å². The molecular weight excluding hydrogens is 422 g/mol. The number of anilines is 1. The summed E-state index contributed by atoms with van der Waals surface area (Å²) in [5.74, 6) is 0.457. The Morgan fingerprint density at radius 2 is 1.81 bits per heavy atom. The minimum atomic E-state index is -0.580. The van der Waals surface area contributed by atoms with Gasteiger partial charge < -0.3 is 10.1 Å². The lowest BCUT2D eigenvalue weighted by molar-refractivity contribution is -0.123. The van der Waals surface area contributed by atoms with Crippen molar-refractivity contribution in [3.8, 4) is 5.75 Å². The predicted octanol–water partition coefficient (Wildman–Crippen LogP) is 4.46. The number of urea groups is 1. The van der Waals surface area contributed by atoms with Crippen LogP contribution in [0, 0.1) is 0 Å². The van der Waals surface area contributed by atoms with Crippen molar-refractivity contribution < 1.29 is 14.3 Å². The highest BCUT2D eigenvalue weighted by atomic mass is 79.9. The Labute approximate surface area is 165 Å². The van der Waals surface area contributed by atoms with Gasteiger partial charge in [-0.05, 0) is 63.8 Å². The molecule has 0 unspecified atom stereocenters. The largest absolute Gasteiger partial charge is 0.483 e. The topological polar surface area (TPSA) is 79.5 Å². The molecule has 0 radical (unpaired) electrons. The number of ether oxygens (including phenoxy) is 1. The van der Waals surface area contributed by atoms with Gasteiger partial charge in [0.25, 0.3) is 5.91 Å². The molecule has 0 aliphatic rings. The van der Waals surface area contributed by atoms with Gasteiger partial charge >= 0.3 is 6.03 Å². The van der Waals surface area contributed by atoms with Crippen molar-refractivity contribution in [3.05, 3.63) is 57.5 Å². The quantitative estimate of drug-likeness (QED) is 0.601. The number of amides is 3. The number of halogens is 2. The highest BCUT2D eigenvalue weighted by Crippen LogP contribution is 2.28. The second-order valence-corrected chi connectivity index (χ2v) is 7.06. The minimum Gasteiger partial charge on any atom is -0.483 e. The number of carbonyl (C=O) groups is 2. The fourth-order valence-electron chi connectivity index (χ4n) is 1.99. The maximum absolute atomic E-state index is 11.8. The number of carbonyl (C=O) groups excluding carboxylic acids is 2. The number of hydrazine groups is 1. The van der Waals surface area contributed by atoms with Crippen LogP contribution in [-0.2, 0) is 4.79 Å². The molecule has 2 aromatic rings. The molecular formula is C18H19BrClN3O3. The zero-order valence-corrected chi connectivity index (χ0v) is 16.6. The summed E-state index contributed by atoms with van der Waals surface area (Å²) < 4.78 is 6.22. The molecule has 0 aliphatic carbocycles. The molecule has 138 valence electrons. The van der Waals surface area contributed by atoms with Gasteiger partial charge in [-0.3, -0.25) is 10.2 Å². The van der Waals surface area contributed by atoms with E-state index in [1.54, 1.807) is 30.3 Å². The number of hydrogen-bond acceptors (Lipinski definition) is 3. The van der Waals surface area contributed by atoms with Crippen molar-refractivity contribution in [1.82, 2.24) is 10.9 Å². The van der Waals surface area contributed by atoms with Crippen LogP contribution in [0.1, 0.15) is 25.3 Å². The molecule has 0 aliphatic heterocycles. The van der Waals surface area contributed by atoms with Crippen LogP contribution >= 0.6 is 27.5 Å². The molecule has 0 saturated carbocycles. The summed E-state index contributed by atoms with van der Waals surface area (Å²) in [4.78, 5) is 23.5. The first kappa shape index (κ1) is 20.1. The molecule has 3 amide bonds. The molecule has 2 rings (SSSR count). The Morgan fingerprint density at radius 3 is 2.42 bits per heavy atom. The van der Waals surface area contributed by atoms with Crippen LogP contribution in [0.4, 0.5) is 10.5 Å². The van der Waals surface area contributed by atoms with Crippen molar-refractivity contribution in [2.45, 2.75) is 19.8 Å². The molecule has 0 heterocycles. The summed E-state index contributed by atoms with van der Waals surface area (Å²) in [5.41, 5.74) is 6.22. The molecule has 3 N–H and O–H groups in total. The summed E-state index contributed by atoms with van der Waals surface area (Å²) >= 11 is 9.19. The number of benzene rings is 2. The summed E-state index contributed by atoms with van der Waals surface area (Å²) in [6.45, 7) is 3.95. The van der Waals surface area contributed by atoms with E-state index in [0.29, 0.717) is 22.4 Å². The molecule has 0 spiro atoms. The second-order valence-electron chi connectivity index (χ2n) is 5.77. The molecule has 0 aromatic heterocycles. The first-order chi connectivity index (χ1) is 12.3. The Hall–Kier alpha value is -2.25. The van der Waals surface area contributed by atoms with Gasteiger partial charge in [0.15, 0.2) is 6.61 Å². The summed E-state index contributed by atoms with van der Waals surface area (Å²) in [7, 11) is 0. The lowest BCUT2D eigenvalue weighted by atomic mass is 10.0. The minimum absolute atomic E-state index is 0.235. The van der Waals surface area contributed by atoms with Gasteiger partial charge in [-0.15, -0.1) is 0 Å². The van der Waals surface area contributed by atoms with Crippen LogP contribution in [0.25, 0.3) is 0 Å². The normalized spacial score (nSPS) is 10.3. The first-order valence-corrected chi connectivity index (χ1v) is 9.06. The van der Waals surface area contributed by atoms with Crippen molar-refractivity contribution >= 4 is 45.2 Å². The zero-order valence-electron chi connectivity index (χ0n) is 14.3. The average molecular weight is 441 g/mol. The van der Waals surface area contributed by atoms with E-state index >= 15 is 0 Å². The maximum atomic E-state index is 11.8. The second kappa shape index (κ2) is 9.45. The van der Waals surface area contributed by atoms with Crippen LogP contribution in [-0.4, -0.2) is 18.5 Å². The number of nitrogens with one attached hydrogen (secondary N) is 3. The molecule has 26 heavy (non-hydrogen) atoms. The summed E-state index contributed by atoms with van der Waals surface area (Å²) in [6, 6.07) is 11.7. The predicted molar refractivity (Wildman–Crippen MR) is 105 cm³/mol. The van der Waals surface area contributed by atoms with Gasteiger partial charge in [0.05, 0.1) is 4.47 Å². The molecule has 0 atom stereocenters. The van der Waals surface area contributed by atoms with Gasteiger partial charge in [-0.25, -0.2) is 10.2 Å². The van der Waals surface area contributed by atoms with Crippen molar-refractivity contribution in [2.75, 3.05) is 11.9 Å². The van der Waals surface area contributed by atoms with Crippen LogP contribution in [0.5, 0.6) is 5.75 Å². The summed E-state index contributed by atoms with van der Waals surface area (Å²) in [6.07, 6.45) is 0. The van der Waals surface area contributed by atoms with Gasteiger partial charge in [-0.1, -0.05) is 31.5 Å². The third kappa shape index (κ3) is 6.24. The Morgan fingerprint density at radius 1 is 1.12 bits per heavy atom. The van der Waals surface area contributed by atoms with E-state index < -0.39 is 11.9 Å². The number of hydrogen-bond donors (Lipinski definition) is 3. The molecule has 2 aromatic carbocycles. The van der Waals surface area contributed by atoms with Crippen molar-refractivity contribution in [2.24, 2.45) is 0 Å². The fraction of sp³-hybridized carbons (Fsp3) is 0.222. The highest BCUT2D eigenvalue weighted by molar-refractivity contribution is 9.10. The monoisotopic (exact) mass is 439 g/mol. The Bertz CT molecular complexity index is 782. The number of rotatable bonds is 5. The molecule has 6 nitrogen and oxygen atoms in total. The van der Waals surface area contributed by atoms with Crippen LogP contribution < -0.4 is 20.9 Å². The third-order valence-electron chi connectivity index (χ3n) is 3.40. The van der Waals surface area contributed by atoms with E-state index in [-0.39, 0.29) is 6.61 Å². The van der Waals surface area contributed by atoms with E-state index in [2.05, 4.69) is 45.9 Å². The van der Waals surface area contributed by atoms with Gasteiger partial charge in [0.1, 0.15) is 5.75 Å². The highest BCUT2D eigenvalue weighted by Gasteiger charge is 2.09. The average Bonchev–Trinajstić information content (AvgIpc) is 2.60. The van der Waals surface area contributed by atoms with Gasteiger partial charge in [-0.2, -0.15) is 0 Å². The lowest BCUT2D eigenvalue weighted by Gasteiger charge is -2.12. The van der Waals surface area contributed by atoms with Crippen LogP contribution in [0.15, 0.2) is 46.9 Å². The molecule has 0 saturated heterocycles. The molecule has 0 bridgehead atoms. The lowest BCUT2D eigenvalue weighted by Crippen LogP contribution is -2.45. The van der Waals surface area contributed by atoms with Crippen LogP contribution in [0.2, 0.25) is 5.02 Å². The smallest absolute Gasteiger partial charge is 0.337 e. The zero-order chi connectivity index (χ0) is 19.1. The molecule has 8 heteroatoms. The maximum Gasteiger partial charge on any atom is 0.337 e.